The Morgan fingerprint density at radius 2 is 1.81 bits per heavy atom. The van der Waals surface area contributed by atoms with E-state index in [0.717, 1.165) is 5.56 Å². The Bertz CT molecular complexity index is 803. The molecule has 0 spiro atoms. The Balaban J connectivity index is 2.06. The van der Waals surface area contributed by atoms with Crippen LogP contribution in [0, 0.1) is 0 Å². The quantitative estimate of drug-likeness (QED) is 0.759. The highest BCUT2D eigenvalue weighted by Gasteiger charge is 2.30. The standard InChI is InChI=1S/C21H25ClN2O3/c1-5-24(15(2)25)14-16-7-6-8-18(13-16)23-20(26)21(3,4)27-19-11-9-17(22)10-12-19/h6-13H,5,14H2,1-4H3,(H,23,26). The summed E-state index contributed by atoms with van der Waals surface area (Å²) in [5, 5.41) is 3.49. The number of ether oxygens (including phenoxy) is 1. The van der Waals surface area contributed by atoms with Crippen molar-refractivity contribution in [1.82, 2.24) is 4.90 Å². The molecule has 0 aromatic heterocycles. The highest BCUT2D eigenvalue weighted by Crippen LogP contribution is 2.22. The molecule has 6 heteroatoms. The van der Waals surface area contributed by atoms with Crippen LogP contribution in [0.1, 0.15) is 33.3 Å². The first-order chi connectivity index (χ1) is 12.7. The normalized spacial score (nSPS) is 11.0. The van der Waals surface area contributed by atoms with E-state index in [2.05, 4.69) is 5.32 Å². The minimum atomic E-state index is -1.07. The van der Waals surface area contributed by atoms with E-state index in [9.17, 15) is 9.59 Å². The molecule has 0 fully saturated rings. The lowest BCUT2D eigenvalue weighted by Gasteiger charge is -2.25. The minimum absolute atomic E-state index is 0.0180. The molecule has 0 heterocycles. The van der Waals surface area contributed by atoms with Gasteiger partial charge in [0.1, 0.15) is 5.75 Å². The average molecular weight is 389 g/mol. The molecule has 0 saturated carbocycles. The molecule has 0 aliphatic carbocycles. The van der Waals surface area contributed by atoms with Crippen molar-refractivity contribution in [3.63, 3.8) is 0 Å². The van der Waals surface area contributed by atoms with Crippen LogP contribution in [0.25, 0.3) is 0 Å². The zero-order valence-electron chi connectivity index (χ0n) is 16.1. The van der Waals surface area contributed by atoms with Gasteiger partial charge in [-0.05, 0) is 62.7 Å². The molecule has 0 saturated heterocycles. The van der Waals surface area contributed by atoms with E-state index in [1.807, 2.05) is 31.2 Å². The molecular weight excluding hydrogens is 364 g/mol. The predicted molar refractivity (Wildman–Crippen MR) is 108 cm³/mol. The van der Waals surface area contributed by atoms with Crippen molar-refractivity contribution in [2.24, 2.45) is 0 Å². The Labute approximate surface area is 165 Å². The van der Waals surface area contributed by atoms with Gasteiger partial charge in [-0.1, -0.05) is 23.7 Å². The van der Waals surface area contributed by atoms with Crippen molar-refractivity contribution in [3.05, 3.63) is 59.1 Å². The molecule has 2 amide bonds. The molecule has 0 unspecified atom stereocenters. The summed E-state index contributed by atoms with van der Waals surface area (Å²) in [4.78, 5) is 26.0. The first-order valence-electron chi connectivity index (χ1n) is 8.81. The lowest BCUT2D eigenvalue weighted by molar-refractivity contribution is -0.129. The number of halogens is 1. The Morgan fingerprint density at radius 3 is 2.41 bits per heavy atom. The number of carbonyl (C=O) groups excluding carboxylic acids is 2. The van der Waals surface area contributed by atoms with Crippen molar-refractivity contribution in [2.75, 3.05) is 11.9 Å². The van der Waals surface area contributed by atoms with Crippen LogP contribution in [0.4, 0.5) is 5.69 Å². The van der Waals surface area contributed by atoms with Gasteiger partial charge < -0.3 is 15.0 Å². The SMILES string of the molecule is CCN(Cc1cccc(NC(=O)C(C)(C)Oc2ccc(Cl)cc2)c1)C(C)=O. The van der Waals surface area contributed by atoms with E-state index < -0.39 is 5.60 Å². The molecule has 0 radical (unpaired) electrons. The van der Waals surface area contributed by atoms with Crippen LogP contribution in [0.3, 0.4) is 0 Å². The van der Waals surface area contributed by atoms with Crippen molar-refractivity contribution >= 4 is 29.1 Å². The van der Waals surface area contributed by atoms with Crippen molar-refractivity contribution in [1.29, 1.82) is 0 Å². The van der Waals surface area contributed by atoms with Crippen LogP contribution in [-0.4, -0.2) is 28.9 Å². The summed E-state index contributed by atoms with van der Waals surface area (Å²) in [6.07, 6.45) is 0. The maximum atomic E-state index is 12.7. The van der Waals surface area contributed by atoms with Gasteiger partial charge in [-0.15, -0.1) is 0 Å². The monoisotopic (exact) mass is 388 g/mol. The number of hydrogen-bond donors (Lipinski definition) is 1. The Morgan fingerprint density at radius 1 is 1.15 bits per heavy atom. The number of benzene rings is 2. The Kier molecular flexibility index (Phi) is 6.86. The topological polar surface area (TPSA) is 58.6 Å². The van der Waals surface area contributed by atoms with Gasteiger partial charge in [0.15, 0.2) is 5.60 Å². The summed E-state index contributed by atoms with van der Waals surface area (Å²) >= 11 is 5.87. The molecule has 0 aliphatic rings. The lowest BCUT2D eigenvalue weighted by atomic mass is 10.1. The first-order valence-corrected chi connectivity index (χ1v) is 9.19. The minimum Gasteiger partial charge on any atom is -0.478 e. The predicted octanol–water partition coefficient (Wildman–Crippen LogP) is 4.50. The summed E-state index contributed by atoms with van der Waals surface area (Å²) in [5.74, 6) is 0.311. The third kappa shape index (κ3) is 6.00. The van der Waals surface area contributed by atoms with E-state index in [0.29, 0.717) is 29.5 Å². The summed E-state index contributed by atoms with van der Waals surface area (Å²) < 4.78 is 5.81. The molecule has 0 atom stereocenters. The van der Waals surface area contributed by atoms with E-state index in [1.54, 1.807) is 49.9 Å². The fourth-order valence-electron chi connectivity index (χ4n) is 2.54. The summed E-state index contributed by atoms with van der Waals surface area (Å²) in [6, 6.07) is 14.3. The van der Waals surface area contributed by atoms with E-state index in [4.69, 9.17) is 16.3 Å². The summed E-state index contributed by atoms with van der Waals surface area (Å²) in [5.41, 5.74) is 0.532. The molecule has 5 nitrogen and oxygen atoms in total. The number of hydrogen-bond acceptors (Lipinski definition) is 3. The van der Waals surface area contributed by atoms with Crippen LogP contribution in [-0.2, 0) is 16.1 Å². The number of anilines is 1. The van der Waals surface area contributed by atoms with Gasteiger partial charge in [0.05, 0.1) is 0 Å². The maximum Gasteiger partial charge on any atom is 0.267 e. The molecule has 144 valence electrons. The van der Waals surface area contributed by atoms with E-state index in [-0.39, 0.29) is 11.8 Å². The van der Waals surface area contributed by atoms with Crippen LogP contribution in [0.5, 0.6) is 5.75 Å². The van der Waals surface area contributed by atoms with Crippen molar-refractivity contribution in [3.8, 4) is 5.75 Å². The highest BCUT2D eigenvalue weighted by atomic mass is 35.5. The number of rotatable bonds is 7. The summed E-state index contributed by atoms with van der Waals surface area (Å²) in [7, 11) is 0. The second kappa shape index (κ2) is 8.91. The van der Waals surface area contributed by atoms with Crippen LogP contribution in [0.15, 0.2) is 48.5 Å². The van der Waals surface area contributed by atoms with E-state index in [1.165, 1.54) is 0 Å². The fourth-order valence-corrected chi connectivity index (χ4v) is 2.66. The van der Waals surface area contributed by atoms with E-state index >= 15 is 0 Å². The summed E-state index contributed by atoms with van der Waals surface area (Å²) in [6.45, 7) is 8.02. The van der Waals surface area contributed by atoms with Gasteiger partial charge in [0.25, 0.3) is 5.91 Å². The molecule has 2 aromatic carbocycles. The third-order valence-electron chi connectivity index (χ3n) is 4.12. The fraction of sp³-hybridized carbons (Fsp3) is 0.333. The molecule has 0 bridgehead atoms. The molecule has 2 rings (SSSR count). The second-order valence-corrected chi connectivity index (χ2v) is 7.19. The molecule has 2 aromatic rings. The van der Waals surface area contributed by atoms with Crippen LogP contribution >= 0.6 is 11.6 Å². The molecule has 1 N–H and O–H groups in total. The van der Waals surface area contributed by atoms with Crippen LogP contribution < -0.4 is 10.1 Å². The third-order valence-corrected chi connectivity index (χ3v) is 4.37. The number of carbonyl (C=O) groups is 2. The molecule has 27 heavy (non-hydrogen) atoms. The highest BCUT2D eigenvalue weighted by molar-refractivity contribution is 6.30. The first kappa shape index (κ1) is 20.8. The second-order valence-electron chi connectivity index (χ2n) is 6.75. The number of nitrogens with one attached hydrogen (secondary N) is 1. The van der Waals surface area contributed by atoms with Gasteiger partial charge in [0, 0.05) is 30.7 Å². The van der Waals surface area contributed by atoms with Crippen LogP contribution in [0.2, 0.25) is 5.02 Å². The zero-order valence-corrected chi connectivity index (χ0v) is 16.8. The lowest BCUT2D eigenvalue weighted by Crippen LogP contribution is -2.42. The van der Waals surface area contributed by atoms with Gasteiger partial charge in [-0.3, -0.25) is 9.59 Å². The van der Waals surface area contributed by atoms with Gasteiger partial charge in [-0.2, -0.15) is 0 Å². The van der Waals surface area contributed by atoms with Crippen molar-refractivity contribution < 1.29 is 14.3 Å². The Hall–Kier alpha value is -2.53. The number of nitrogens with zero attached hydrogens (tertiary/aromatic N) is 1. The average Bonchev–Trinajstić information content (AvgIpc) is 2.61. The van der Waals surface area contributed by atoms with Gasteiger partial charge in [-0.25, -0.2) is 0 Å². The molecular formula is C21H25ClN2O3. The largest absolute Gasteiger partial charge is 0.478 e. The zero-order chi connectivity index (χ0) is 20.0. The van der Waals surface area contributed by atoms with Gasteiger partial charge >= 0.3 is 0 Å². The number of amides is 2. The maximum absolute atomic E-state index is 12.7. The smallest absolute Gasteiger partial charge is 0.267 e. The molecule has 0 aliphatic heterocycles. The van der Waals surface area contributed by atoms with Gasteiger partial charge in [0.2, 0.25) is 5.91 Å². The van der Waals surface area contributed by atoms with Crippen molar-refractivity contribution in [2.45, 2.75) is 39.8 Å².